The van der Waals surface area contributed by atoms with Crippen molar-refractivity contribution in [1.82, 2.24) is 15.2 Å². The van der Waals surface area contributed by atoms with Crippen molar-refractivity contribution >= 4 is 40.6 Å². The number of piperazine rings is 1. The van der Waals surface area contributed by atoms with Crippen molar-refractivity contribution < 1.29 is 4.79 Å². The van der Waals surface area contributed by atoms with Gasteiger partial charge >= 0.3 is 0 Å². The predicted molar refractivity (Wildman–Crippen MR) is 131 cm³/mol. The van der Waals surface area contributed by atoms with Crippen LogP contribution in [0.5, 0.6) is 0 Å². The van der Waals surface area contributed by atoms with E-state index in [-0.39, 0.29) is 18.2 Å². The van der Waals surface area contributed by atoms with E-state index in [1.54, 1.807) is 25.4 Å². The molecule has 0 bridgehead atoms. The molecule has 0 aliphatic carbocycles. The van der Waals surface area contributed by atoms with Gasteiger partial charge in [-0.2, -0.15) is 0 Å². The Balaban J connectivity index is 1.58. The van der Waals surface area contributed by atoms with Crippen molar-refractivity contribution in [2.75, 3.05) is 50.0 Å². The van der Waals surface area contributed by atoms with Gasteiger partial charge in [-0.25, -0.2) is 4.98 Å². The summed E-state index contributed by atoms with van der Waals surface area (Å²) in [4.78, 5) is 25.3. The molecule has 0 atom stereocenters. The summed E-state index contributed by atoms with van der Waals surface area (Å²) in [5.41, 5.74) is 2.89. The van der Waals surface area contributed by atoms with Gasteiger partial charge in [0.1, 0.15) is 11.5 Å². The highest BCUT2D eigenvalue weighted by Gasteiger charge is 2.22. The molecule has 0 spiro atoms. The van der Waals surface area contributed by atoms with Crippen molar-refractivity contribution in [3.05, 3.63) is 65.5 Å². The van der Waals surface area contributed by atoms with E-state index in [0.717, 1.165) is 29.4 Å². The third-order valence-corrected chi connectivity index (χ3v) is 5.75. The van der Waals surface area contributed by atoms with Crippen LogP contribution in [-0.2, 0) is 4.79 Å². The second kappa shape index (κ2) is 10.8. The molecule has 3 N–H and O–H groups in total. The van der Waals surface area contributed by atoms with Crippen molar-refractivity contribution in [3.8, 4) is 0 Å². The van der Waals surface area contributed by atoms with E-state index in [9.17, 15) is 4.79 Å². The predicted octanol–water partition coefficient (Wildman–Crippen LogP) is 2.93. The van der Waals surface area contributed by atoms with Crippen LogP contribution in [0.3, 0.4) is 0 Å². The monoisotopic (exact) mass is 453 g/mol. The quantitative estimate of drug-likeness (QED) is 0.442. The van der Waals surface area contributed by atoms with Gasteiger partial charge in [-0.3, -0.25) is 15.2 Å². The lowest BCUT2D eigenvalue weighted by molar-refractivity contribution is -0.129. The van der Waals surface area contributed by atoms with Crippen LogP contribution in [0.2, 0.25) is 5.02 Å². The Morgan fingerprint density at radius 3 is 2.72 bits per heavy atom. The summed E-state index contributed by atoms with van der Waals surface area (Å²) in [7, 11) is 1.60. The number of hydrogen-bond donors (Lipinski definition) is 3. The van der Waals surface area contributed by atoms with Crippen LogP contribution in [0.15, 0.2) is 54.3 Å². The van der Waals surface area contributed by atoms with E-state index in [1.165, 1.54) is 6.20 Å². The van der Waals surface area contributed by atoms with Gasteiger partial charge in [0, 0.05) is 55.7 Å². The zero-order valence-electron chi connectivity index (χ0n) is 18.4. The maximum absolute atomic E-state index is 12.8. The number of benzene rings is 1. The summed E-state index contributed by atoms with van der Waals surface area (Å²) in [6.45, 7) is 8.51. The topological polar surface area (TPSA) is 96.7 Å². The van der Waals surface area contributed by atoms with Gasteiger partial charge in [-0.05, 0) is 49.0 Å². The molecule has 0 unspecified atom stereocenters. The van der Waals surface area contributed by atoms with E-state index in [1.807, 2.05) is 24.0 Å². The van der Waals surface area contributed by atoms with Crippen LogP contribution in [-0.4, -0.2) is 67.1 Å². The summed E-state index contributed by atoms with van der Waals surface area (Å²) < 4.78 is 0. The zero-order valence-corrected chi connectivity index (χ0v) is 19.1. The van der Waals surface area contributed by atoms with Gasteiger partial charge in [0.15, 0.2) is 5.84 Å². The first-order valence-electron chi connectivity index (χ1n) is 10.4. The largest absolute Gasteiger partial charge is 0.368 e. The van der Waals surface area contributed by atoms with Gasteiger partial charge in [-0.1, -0.05) is 18.2 Å². The number of anilines is 2. The van der Waals surface area contributed by atoms with Crippen molar-refractivity contribution in [3.63, 3.8) is 0 Å². The molecule has 0 saturated carbocycles. The lowest BCUT2D eigenvalue weighted by Crippen LogP contribution is -2.50. The highest BCUT2D eigenvalue weighted by atomic mass is 35.5. The summed E-state index contributed by atoms with van der Waals surface area (Å²) in [5.74, 6) is 0.831. The number of nitrogens with zero attached hydrogens (tertiary/aromatic N) is 4. The number of carbonyl (C=O) groups excluding carboxylic acids is 1. The molecule has 1 aromatic heterocycles. The van der Waals surface area contributed by atoms with Crippen molar-refractivity contribution in [2.45, 2.75) is 6.92 Å². The second-order valence-corrected chi connectivity index (χ2v) is 7.76. The number of pyridine rings is 1. The number of carbonyl (C=O) groups is 1. The maximum Gasteiger partial charge on any atom is 0.242 e. The fourth-order valence-corrected chi connectivity index (χ4v) is 3.65. The summed E-state index contributed by atoms with van der Waals surface area (Å²) in [6, 6.07) is 9.52. The molecule has 1 aliphatic heterocycles. The molecular weight excluding hydrogens is 426 g/mol. The Labute approximate surface area is 193 Å². The third-order valence-electron chi connectivity index (χ3n) is 5.32. The summed E-state index contributed by atoms with van der Waals surface area (Å²) in [6.07, 6.45) is 3.09. The SMILES string of the molecule is C=CNC(=NC)C(=N)c1cccnc1NCC(=O)N1CCN(c2ccc(Cl)c(C)c2)CC1. The molecule has 32 heavy (non-hydrogen) atoms. The number of aryl methyl sites for hydroxylation is 1. The van der Waals surface area contributed by atoms with Gasteiger partial charge < -0.3 is 20.4 Å². The number of aliphatic imine (C=N–C) groups is 1. The van der Waals surface area contributed by atoms with Gasteiger partial charge in [0.2, 0.25) is 5.91 Å². The Hall–Kier alpha value is -3.39. The fraction of sp³-hybridized carbons (Fsp3) is 0.304. The molecule has 1 fully saturated rings. The molecule has 3 rings (SSSR count). The number of amidine groups is 1. The molecule has 1 aromatic carbocycles. The minimum Gasteiger partial charge on any atom is -0.368 e. The van der Waals surface area contributed by atoms with E-state index in [0.29, 0.717) is 30.3 Å². The van der Waals surface area contributed by atoms with Crippen molar-refractivity contribution in [1.29, 1.82) is 5.41 Å². The molecular formula is C23H28ClN7O. The van der Waals surface area contributed by atoms with E-state index < -0.39 is 0 Å². The van der Waals surface area contributed by atoms with Crippen LogP contribution in [0.1, 0.15) is 11.1 Å². The minimum atomic E-state index is -0.00586. The highest BCUT2D eigenvalue weighted by Crippen LogP contribution is 2.23. The first kappa shape index (κ1) is 23.3. The normalized spacial score (nSPS) is 14.2. The number of aromatic nitrogens is 1. The van der Waals surface area contributed by atoms with E-state index in [4.69, 9.17) is 17.0 Å². The molecule has 0 radical (unpaired) electrons. The number of hydrogen-bond acceptors (Lipinski definition) is 6. The van der Waals surface area contributed by atoms with Gasteiger partial charge in [0.05, 0.1) is 6.54 Å². The lowest BCUT2D eigenvalue weighted by Gasteiger charge is -2.36. The molecule has 1 aliphatic rings. The maximum atomic E-state index is 12.8. The Bertz CT molecular complexity index is 1030. The molecule has 1 amide bonds. The number of rotatable bonds is 7. The van der Waals surface area contributed by atoms with Gasteiger partial charge in [-0.15, -0.1) is 0 Å². The first-order chi connectivity index (χ1) is 15.4. The standard InChI is InChI=1S/C23H28ClN7O/c1-4-27-23(26-3)21(25)18-6-5-9-28-22(18)29-15-20(32)31-12-10-30(11-13-31)17-7-8-19(24)16(2)14-17/h4-9,14,25H,1,10-13,15H2,2-3H3,(H,26,27)(H,28,29). The second-order valence-electron chi connectivity index (χ2n) is 7.35. The van der Waals surface area contributed by atoms with Crippen LogP contribution in [0, 0.1) is 12.3 Å². The number of nitrogens with one attached hydrogen (secondary N) is 3. The Kier molecular flexibility index (Phi) is 7.83. The minimum absolute atomic E-state index is 0.00586. The third kappa shape index (κ3) is 5.45. The van der Waals surface area contributed by atoms with Crippen molar-refractivity contribution in [2.24, 2.45) is 4.99 Å². The molecule has 9 heteroatoms. The van der Waals surface area contributed by atoms with Crippen LogP contribution < -0.4 is 15.5 Å². The Morgan fingerprint density at radius 2 is 2.06 bits per heavy atom. The summed E-state index contributed by atoms with van der Waals surface area (Å²) >= 11 is 6.13. The molecule has 168 valence electrons. The average molecular weight is 454 g/mol. The van der Waals surface area contributed by atoms with E-state index >= 15 is 0 Å². The smallest absolute Gasteiger partial charge is 0.242 e. The molecule has 2 heterocycles. The summed E-state index contributed by atoms with van der Waals surface area (Å²) in [5, 5.41) is 15.1. The average Bonchev–Trinajstić information content (AvgIpc) is 2.82. The highest BCUT2D eigenvalue weighted by molar-refractivity contribution is 6.47. The van der Waals surface area contributed by atoms with Crippen LogP contribution in [0.25, 0.3) is 0 Å². The zero-order chi connectivity index (χ0) is 23.1. The first-order valence-corrected chi connectivity index (χ1v) is 10.7. The van der Waals surface area contributed by atoms with Crippen LogP contribution in [0.4, 0.5) is 11.5 Å². The molecule has 8 nitrogen and oxygen atoms in total. The molecule has 1 saturated heterocycles. The number of halogens is 1. The number of amides is 1. The van der Waals surface area contributed by atoms with Crippen LogP contribution >= 0.6 is 11.6 Å². The fourth-order valence-electron chi connectivity index (χ4n) is 3.53. The van der Waals surface area contributed by atoms with E-state index in [2.05, 4.69) is 38.2 Å². The lowest BCUT2D eigenvalue weighted by atomic mass is 10.1. The Morgan fingerprint density at radius 1 is 1.31 bits per heavy atom. The van der Waals surface area contributed by atoms with Gasteiger partial charge in [0.25, 0.3) is 0 Å². The molecule has 2 aromatic rings.